The van der Waals surface area contributed by atoms with Crippen LogP contribution in [0.3, 0.4) is 0 Å². The zero-order valence-corrected chi connectivity index (χ0v) is 12.1. The van der Waals surface area contributed by atoms with Crippen molar-refractivity contribution in [3.8, 4) is 0 Å². The number of hydrogen-bond donors (Lipinski definition) is 1. The molecule has 19 heavy (non-hydrogen) atoms. The molecule has 0 aliphatic rings. The quantitative estimate of drug-likeness (QED) is 0.860. The lowest BCUT2D eigenvalue weighted by Crippen LogP contribution is -2.36. The zero-order chi connectivity index (χ0) is 13.8. The number of nitrogens with one attached hydrogen (secondary N) is 1. The predicted octanol–water partition coefficient (Wildman–Crippen LogP) is 3.75. The van der Waals surface area contributed by atoms with Gasteiger partial charge in [-0.2, -0.15) is 0 Å². The van der Waals surface area contributed by atoms with E-state index in [1.54, 1.807) is 7.11 Å². The third-order valence-corrected chi connectivity index (χ3v) is 3.43. The van der Waals surface area contributed by atoms with E-state index in [0.29, 0.717) is 5.92 Å². The largest absolute Gasteiger partial charge is 0.459 e. The first-order valence-corrected chi connectivity index (χ1v) is 6.92. The Kier molecular flexibility index (Phi) is 4.61. The van der Waals surface area contributed by atoms with Crippen molar-refractivity contribution in [2.75, 3.05) is 13.7 Å². The van der Waals surface area contributed by atoms with Gasteiger partial charge in [-0.1, -0.05) is 39.0 Å². The maximum absolute atomic E-state index is 5.97. The third-order valence-electron chi connectivity index (χ3n) is 3.43. The monoisotopic (exact) mass is 261 g/mol. The molecule has 104 valence electrons. The maximum Gasteiger partial charge on any atom is 0.134 e. The molecule has 0 aliphatic heterocycles. The molecule has 0 spiro atoms. The summed E-state index contributed by atoms with van der Waals surface area (Å²) in [7, 11) is 1.76. The van der Waals surface area contributed by atoms with E-state index in [1.807, 2.05) is 18.2 Å². The average Bonchev–Trinajstić information content (AvgIpc) is 2.81. The van der Waals surface area contributed by atoms with E-state index >= 15 is 0 Å². The second-order valence-corrected chi connectivity index (χ2v) is 5.17. The van der Waals surface area contributed by atoms with Gasteiger partial charge in [0, 0.05) is 12.5 Å². The van der Waals surface area contributed by atoms with Crippen molar-refractivity contribution >= 4 is 11.0 Å². The van der Waals surface area contributed by atoms with Crippen LogP contribution in [0.1, 0.15) is 32.6 Å². The summed E-state index contributed by atoms with van der Waals surface area (Å²) in [6.45, 7) is 7.32. The summed E-state index contributed by atoms with van der Waals surface area (Å²) in [6.07, 6.45) is 0.0977. The fourth-order valence-electron chi connectivity index (χ4n) is 2.55. The van der Waals surface area contributed by atoms with Gasteiger partial charge in [-0.3, -0.25) is 0 Å². The Balaban J connectivity index is 2.37. The van der Waals surface area contributed by atoms with E-state index in [4.69, 9.17) is 9.15 Å². The van der Waals surface area contributed by atoms with Gasteiger partial charge in [-0.25, -0.2) is 0 Å². The molecule has 0 fully saturated rings. The third kappa shape index (κ3) is 2.99. The average molecular weight is 261 g/mol. The number of ether oxygens (including phenoxy) is 1. The highest BCUT2D eigenvalue weighted by atomic mass is 16.5. The van der Waals surface area contributed by atoms with Crippen molar-refractivity contribution in [1.82, 2.24) is 5.32 Å². The lowest BCUT2D eigenvalue weighted by molar-refractivity contribution is 0.0274. The van der Waals surface area contributed by atoms with Crippen LogP contribution in [0.2, 0.25) is 0 Å². The summed E-state index contributed by atoms with van der Waals surface area (Å²) in [5.74, 6) is 1.37. The fourth-order valence-corrected chi connectivity index (χ4v) is 2.55. The van der Waals surface area contributed by atoms with Crippen LogP contribution < -0.4 is 5.32 Å². The van der Waals surface area contributed by atoms with Gasteiger partial charge in [0.05, 0.1) is 12.1 Å². The highest BCUT2D eigenvalue weighted by Crippen LogP contribution is 2.29. The predicted molar refractivity (Wildman–Crippen MR) is 78.3 cm³/mol. The highest BCUT2D eigenvalue weighted by Gasteiger charge is 2.28. The van der Waals surface area contributed by atoms with Crippen LogP contribution in [0.5, 0.6) is 0 Å². The van der Waals surface area contributed by atoms with Gasteiger partial charge >= 0.3 is 0 Å². The lowest BCUT2D eigenvalue weighted by atomic mass is 9.97. The topological polar surface area (TPSA) is 34.4 Å². The molecule has 1 aromatic carbocycles. The van der Waals surface area contributed by atoms with Crippen molar-refractivity contribution in [2.45, 2.75) is 32.9 Å². The Morgan fingerprint density at radius 2 is 2.00 bits per heavy atom. The number of hydrogen-bond acceptors (Lipinski definition) is 3. The van der Waals surface area contributed by atoms with Crippen molar-refractivity contribution in [3.63, 3.8) is 0 Å². The van der Waals surface area contributed by atoms with Crippen molar-refractivity contribution in [3.05, 3.63) is 36.1 Å². The first kappa shape index (κ1) is 14.1. The maximum atomic E-state index is 5.97. The van der Waals surface area contributed by atoms with E-state index in [9.17, 15) is 0 Å². The second kappa shape index (κ2) is 6.22. The van der Waals surface area contributed by atoms with Crippen LogP contribution in [-0.4, -0.2) is 19.8 Å². The molecule has 0 amide bonds. The molecular formula is C16H23NO2. The summed E-state index contributed by atoms with van der Waals surface area (Å²) in [4.78, 5) is 0. The summed E-state index contributed by atoms with van der Waals surface area (Å²) in [5.41, 5.74) is 0.930. The molecule has 0 bridgehead atoms. The lowest BCUT2D eigenvalue weighted by Gasteiger charge is -2.28. The van der Waals surface area contributed by atoms with Crippen LogP contribution >= 0.6 is 0 Å². The SMILES string of the molecule is CCNC(c1cc2ccccc2o1)C(OC)C(C)C. The first-order valence-electron chi connectivity index (χ1n) is 6.92. The minimum Gasteiger partial charge on any atom is -0.459 e. The summed E-state index contributed by atoms with van der Waals surface area (Å²) < 4.78 is 11.6. The number of rotatable bonds is 6. The number of likely N-dealkylation sites (N-methyl/N-ethyl adjacent to an activating group) is 1. The molecule has 2 aromatic rings. The van der Waals surface area contributed by atoms with Gasteiger partial charge in [0.25, 0.3) is 0 Å². The van der Waals surface area contributed by atoms with Gasteiger partial charge in [-0.15, -0.1) is 0 Å². The Bertz CT molecular complexity index is 485. The Morgan fingerprint density at radius 1 is 1.26 bits per heavy atom. The van der Waals surface area contributed by atoms with Gasteiger partial charge in [0.1, 0.15) is 11.3 Å². The minimum atomic E-state index is 0.0856. The van der Waals surface area contributed by atoms with E-state index in [0.717, 1.165) is 23.3 Å². The normalized spacial score (nSPS) is 15.0. The highest BCUT2D eigenvalue weighted by molar-refractivity contribution is 5.77. The van der Waals surface area contributed by atoms with E-state index in [-0.39, 0.29) is 12.1 Å². The molecule has 1 N–H and O–H groups in total. The number of methoxy groups -OCH3 is 1. The van der Waals surface area contributed by atoms with Gasteiger partial charge in [0.15, 0.2) is 0 Å². The molecule has 2 rings (SSSR count). The van der Waals surface area contributed by atoms with E-state index in [2.05, 4.69) is 38.2 Å². The molecule has 3 nitrogen and oxygen atoms in total. The van der Waals surface area contributed by atoms with Crippen molar-refractivity contribution in [1.29, 1.82) is 0 Å². The molecule has 2 unspecified atom stereocenters. The zero-order valence-electron chi connectivity index (χ0n) is 12.1. The van der Waals surface area contributed by atoms with Crippen molar-refractivity contribution in [2.24, 2.45) is 5.92 Å². The van der Waals surface area contributed by atoms with Gasteiger partial charge in [-0.05, 0) is 24.6 Å². The van der Waals surface area contributed by atoms with Crippen LogP contribution in [0.4, 0.5) is 0 Å². The minimum absolute atomic E-state index is 0.0856. The Morgan fingerprint density at radius 3 is 2.58 bits per heavy atom. The first-order chi connectivity index (χ1) is 9.17. The second-order valence-electron chi connectivity index (χ2n) is 5.17. The fraction of sp³-hybridized carbons (Fsp3) is 0.500. The summed E-state index contributed by atoms with van der Waals surface area (Å²) in [5, 5.41) is 4.61. The molecule has 1 aromatic heterocycles. The molecule has 0 radical (unpaired) electrons. The van der Waals surface area contributed by atoms with Crippen LogP contribution in [0.15, 0.2) is 34.7 Å². The Labute approximate surface area is 114 Å². The standard InChI is InChI=1S/C16H23NO2/c1-5-17-15(16(18-4)11(2)3)14-10-12-8-6-7-9-13(12)19-14/h6-11,15-17H,5H2,1-4H3. The number of fused-ring (bicyclic) bond motifs is 1. The molecule has 2 atom stereocenters. The summed E-state index contributed by atoms with van der Waals surface area (Å²) in [6, 6.07) is 10.3. The van der Waals surface area contributed by atoms with E-state index in [1.165, 1.54) is 0 Å². The van der Waals surface area contributed by atoms with Crippen LogP contribution in [0, 0.1) is 5.92 Å². The number of furan rings is 1. The molecular weight excluding hydrogens is 238 g/mol. The van der Waals surface area contributed by atoms with Gasteiger partial charge in [0.2, 0.25) is 0 Å². The summed E-state index contributed by atoms with van der Waals surface area (Å²) >= 11 is 0. The Hall–Kier alpha value is -1.32. The van der Waals surface area contributed by atoms with Crippen LogP contribution in [-0.2, 0) is 4.74 Å². The molecule has 1 heterocycles. The van der Waals surface area contributed by atoms with Crippen molar-refractivity contribution < 1.29 is 9.15 Å². The molecule has 0 saturated carbocycles. The number of benzene rings is 1. The van der Waals surface area contributed by atoms with Gasteiger partial charge < -0.3 is 14.5 Å². The molecule has 3 heteroatoms. The molecule has 0 aliphatic carbocycles. The van der Waals surface area contributed by atoms with Crippen LogP contribution in [0.25, 0.3) is 11.0 Å². The molecule has 0 saturated heterocycles. The van der Waals surface area contributed by atoms with E-state index < -0.39 is 0 Å². The number of para-hydroxylation sites is 1. The smallest absolute Gasteiger partial charge is 0.134 e.